The van der Waals surface area contributed by atoms with E-state index in [4.69, 9.17) is 21.1 Å². The summed E-state index contributed by atoms with van der Waals surface area (Å²) in [5, 5.41) is 42.5. The molecule has 4 unspecified atom stereocenters. The highest BCUT2D eigenvalue weighted by Crippen LogP contribution is 2.05. The smallest absolute Gasteiger partial charge is 0.326 e. The molecule has 35 heavy (non-hydrogen) atoms. The third-order valence-electron chi connectivity index (χ3n) is 4.72. The molecule has 9 N–H and O–H groups in total. The minimum Gasteiger partial charge on any atom is -0.481 e. The molecule has 192 valence electrons. The maximum absolute atomic E-state index is 12.7. The quantitative estimate of drug-likeness (QED) is 0.125. The van der Waals surface area contributed by atoms with E-state index >= 15 is 0 Å². The molecule has 0 bridgehead atoms. The van der Waals surface area contributed by atoms with E-state index in [-0.39, 0.29) is 12.8 Å². The summed E-state index contributed by atoms with van der Waals surface area (Å²) < 4.78 is 0. The van der Waals surface area contributed by atoms with Crippen molar-refractivity contribution >= 4 is 35.6 Å². The number of carbonyl (C=O) groups is 6. The second-order valence-corrected chi connectivity index (χ2v) is 7.53. The molecule has 4 atom stereocenters. The number of amides is 3. The van der Waals surface area contributed by atoms with Gasteiger partial charge in [-0.3, -0.25) is 24.0 Å². The summed E-state index contributed by atoms with van der Waals surface area (Å²) in [4.78, 5) is 70.3. The number of rotatable bonds is 15. The Balaban J connectivity index is 2.88. The zero-order valence-corrected chi connectivity index (χ0v) is 18.5. The summed E-state index contributed by atoms with van der Waals surface area (Å²) in [6.07, 6.45) is -1.73. The molecule has 0 radical (unpaired) electrons. The van der Waals surface area contributed by atoms with Crippen LogP contribution in [0.3, 0.4) is 0 Å². The summed E-state index contributed by atoms with van der Waals surface area (Å²) >= 11 is 0. The van der Waals surface area contributed by atoms with Crippen molar-refractivity contribution in [1.29, 1.82) is 0 Å². The second-order valence-electron chi connectivity index (χ2n) is 7.53. The Labute approximate surface area is 199 Å². The number of carbonyl (C=O) groups excluding carboxylic acids is 3. The molecule has 0 aromatic heterocycles. The first-order valence-electron chi connectivity index (χ1n) is 10.4. The largest absolute Gasteiger partial charge is 0.481 e. The molecule has 0 aliphatic heterocycles. The van der Waals surface area contributed by atoms with Gasteiger partial charge in [0.05, 0.1) is 19.1 Å². The highest BCUT2D eigenvalue weighted by molar-refractivity contribution is 5.94. The van der Waals surface area contributed by atoms with Crippen molar-refractivity contribution in [2.45, 2.75) is 49.9 Å². The Bertz CT molecular complexity index is 924. The molecular weight excluding hydrogens is 468 g/mol. The monoisotopic (exact) mass is 496 g/mol. The van der Waals surface area contributed by atoms with E-state index in [1.54, 1.807) is 30.3 Å². The zero-order chi connectivity index (χ0) is 26.5. The molecule has 0 aliphatic rings. The van der Waals surface area contributed by atoms with Gasteiger partial charge in [-0.25, -0.2) is 4.79 Å². The van der Waals surface area contributed by atoms with E-state index in [1.807, 2.05) is 5.32 Å². The van der Waals surface area contributed by atoms with Crippen LogP contribution in [0.5, 0.6) is 0 Å². The fourth-order valence-corrected chi connectivity index (χ4v) is 2.89. The molecule has 0 saturated heterocycles. The highest BCUT2D eigenvalue weighted by atomic mass is 16.4. The molecule has 0 spiro atoms. The van der Waals surface area contributed by atoms with Gasteiger partial charge < -0.3 is 42.1 Å². The van der Waals surface area contributed by atoms with Gasteiger partial charge in [0, 0.05) is 6.42 Å². The van der Waals surface area contributed by atoms with Crippen LogP contribution in [0.15, 0.2) is 30.3 Å². The highest BCUT2D eigenvalue weighted by Gasteiger charge is 2.31. The Kier molecular flexibility index (Phi) is 11.8. The summed E-state index contributed by atoms with van der Waals surface area (Å²) in [6, 6.07) is 2.67. The summed E-state index contributed by atoms with van der Waals surface area (Å²) in [5.41, 5.74) is 6.63. The van der Waals surface area contributed by atoms with E-state index in [1.165, 1.54) is 0 Å². The number of nitrogens with two attached hydrogens (primary N) is 1. The number of hydrogen-bond acceptors (Lipinski definition) is 8. The van der Waals surface area contributed by atoms with Crippen molar-refractivity contribution in [2.24, 2.45) is 5.73 Å². The van der Waals surface area contributed by atoms with Crippen molar-refractivity contribution in [2.75, 3.05) is 6.61 Å². The number of aliphatic hydroxyl groups excluding tert-OH is 1. The van der Waals surface area contributed by atoms with Crippen LogP contribution in [0.1, 0.15) is 24.8 Å². The fourth-order valence-electron chi connectivity index (χ4n) is 2.89. The molecule has 0 aliphatic carbocycles. The van der Waals surface area contributed by atoms with Gasteiger partial charge in [-0.05, 0) is 18.4 Å². The normalized spacial score (nSPS) is 14.0. The molecular formula is C21H28N4O10. The lowest BCUT2D eigenvalue weighted by atomic mass is 10.0. The zero-order valence-electron chi connectivity index (χ0n) is 18.5. The average molecular weight is 496 g/mol. The molecule has 1 aromatic rings. The van der Waals surface area contributed by atoms with Gasteiger partial charge in [0.25, 0.3) is 0 Å². The van der Waals surface area contributed by atoms with Gasteiger partial charge in [0.1, 0.15) is 18.1 Å². The van der Waals surface area contributed by atoms with E-state index in [0.29, 0.717) is 0 Å². The molecule has 1 aromatic carbocycles. The summed E-state index contributed by atoms with van der Waals surface area (Å²) in [7, 11) is 0. The molecule has 14 heteroatoms. The van der Waals surface area contributed by atoms with E-state index in [9.17, 15) is 33.9 Å². The lowest BCUT2D eigenvalue weighted by molar-refractivity contribution is -0.147. The number of carboxylic acid groups (broad SMARTS) is 3. The van der Waals surface area contributed by atoms with Gasteiger partial charge in [0.15, 0.2) is 0 Å². The maximum Gasteiger partial charge on any atom is 0.326 e. The number of carboxylic acids is 3. The van der Waals surface area contributed by atoms with Crippen LogP contribution in [-0.4, -0.2) is 86.8 Å². The van der Waals surface area contributed by atoms with Crippen LogP contribution in [0.4, 0.5) is 0 Å². The summed E-state index contributed by atoms with van der Waals surface area (Å²) in [6.45, 7) is -0.996. The third kappa shape index (κ3) is 10.6. The van der Waals surface area contributed by atoms with Crippen molar-refractivity contribution in [3.8, 4) is 0 Å². The van der Waals surface area contributed by atoms with Crippen LogP contribution >= 0.6 is 0 Å². The van der Waals surface area contributed by atoms with Crippen LogP contribution < -0.4 is 21.7 Å². The Morgan fingerprint density at radius 2 is 1.31 bits per heavy atom. The lowest BCUT2D eigenvalue weighted by Crippen LogP contribution is -2.58. The standard InChI is InChI=1S/C21H28N4O10/c22-12(8-11-4-2-1-3-5-11)18(31)23-13(6-7-16(27)28)19(32)25-15(10-26)20(33)24-14(21(34)35)9-17(29)30/h1-5,12-15,26H,6-10,22H2,(H,23,31)(H,24,33)(H,25,32)(H,27,28)(H,29,30)(H,34,35). The number of hydrogen-bond donors (Lipinski definition) is 8. The topological polar surface area (TPSA) is 245 Å². The Hall–Kier alpha value is -4.04. The minimum atomic E-state index is -1.83. The Morgan fingerprint density at radius 3 is 1.83 bits per heavy atom. The summed E-state index contributed by atoms with van der Waals surface area (Å²) in [5.74, 6) is -7.42. The van der Waals surface area contributed by atoms with Gasteiger partial charge in [-0.2, -0.15) is 0 Å². The number of aliphatic carboxylic acids is 3. The second kappa shape index (κ2) is 14.3. The van der Waals surface area contributed by atoms with Gasteiger partial charge in [0.2, 0.25) is 17.7 Å². The van der Waals surface area contributed by atoms with Gasteiger partial charge in [-0.1, -0.05) is 30.3 Å². The van der Waals surface area contributed by atoms with E-state index in [2.05, 4.69) is 10.6 Å². The number of aliphatic hydroxyl groups is 1. The lowest BCUT2D eigenvalue weighted by Gasteiger charge is -2.24. The number of benzene rings is 1. The molecule has 0 fully saturated rings. The molecule has 0 saturated carbocycles. The first kappa shape index (κ1) is 29.0. The van der Waals surface area contributed by atoms with Crippen LogP contribution in [-0.2, 0) is 35.2 Å². The molecule has 1 rings (SSSR count). The molecule has 14 nitrogen and oxygen atoms in total. The van der Waals surface area contributed by atoms with Gasteiger partial charge in [-0.15, -0.1) is 0 Å². The molecule has 3 amide bonds. The van der Waals surface area contributed by atoms with Crippen LogP contribution in [0.2, 0.25) is 0 Å². The maximum atomic E-state index is 12.7. The SMILES string of the molecule is NC(Cc1ccccc1)C(=O)NC(CCC(=O)O)C(=O)NC(CO)C(=O)NC(CC(=O)O)C(=O)O. The minimum absolute atomic E-state index is 0.127. The molecule has 0 heterocycles. The first-order chi connectivity index (χ1) is 16.4. The third-order valence-corrected chi connectivity index (χ3v) is 4.72. The first-order valence-corrected chi connectivity index (χ1v) is 10.4. The van der Waals surface area contributed by atoms with Crippen LogP contribution in [0.25, 0.3) is 0 Å². The number of nitrogens with one attached hydrogen (secondary N) is 3. The Morgan fingerprint density at radius 1 is 0.771 bits per heavy atom. The van der Waals surface area contributed by atoms with Crippen molar-refractivity contribution in [1.82, 2.24) is 16.0 Å². The van der Waals surface area contributed by atoms with E-state index < -0.39 is 79.2 Å². The van der Waals surface area contributed by atoms with E-state index in [0.717, 1.165) is 5.56 Å². The predicted molar refractivity (Wildman–Crippen MR) is 118 cm³/mol. The predicted octanol–water partition coefficient (Wildman–Crippen LogP) is -2.57. The van der Waals surface area contributed by atoms with Crippen molar-refractivity contribution < 1.29 is 49.2 Å². The van der Waals surface area contributed by atoms with Crippen molar-refractivity contribution in [3.05, 3.63) is 35.9 Å². The fraction of sp³-hybridized carbons (Fsp3) is 0.429. The van der Waals surface area contributed by atoms with Gasteiger partial charge >= 0.3 is 17.9 Å². The van der Waals surface area contributed by atoms with Crippen LogP contribution in [0, 0.1) is 0 Å². The van der Waals surface area contributed by atoms with Crippen molar-refractivity contribution in [3.63, 3.8) is 0 Å². The average Bonchev–Trinajstić information content (AvgIpc) is 2.79.